The van der Waals surface area contributed by atoms with Crippen molar-refractivity contribution in [3.05, 3.63) is 74.1 Å². The summed E-state index contributed by atoms with van der Waals surface area (Å²) in [6.45, 7) is 2.91. The lowest BCUT2D eigenvalue weighted by molar-refractivity contribution is 0.0950. The Morgan fingerprint density at radius 2 is 1.84 bits per heavy atom. The third kappa shape index (κ3) is 4.35. The SMILES string of the molecule is CCOc1ccc(C(=O)NCc2ccc(C(=O)c3cccs3)s2)cc1. The number of carbonyl (C=O) groups excluding carboxylic acids is 2. The quantitative estimate of drug-likeness (QED) is 0.628. The lowest BCUT2D eigenvalue weighted by atomic mass is 10.2. The maximum atomic E-state index is 12.3. The normalized spacial score (nSPS) is 10.4. The van der Waals surface area contributed by atoms with Gasteiger partial charge in [-0.2, -0.15) is 0 Å². The van der Waals surface area contributed by atoms with Crippen LogP contribution in [0.25, 0.3) is 0 Å². The summed E-state index contributed by atoms with van der Waals surface area (Å²) in [5.74, 6) is 0.626. The minimum absolute atomic E-state index is 0.0316. The van der Waals surface area contributed by atoms with E-state index in [2.05, 4.69) is 5.32 Å². The first-order valence-electron chi connectivity index (χ1n) is 7.85. The third-order valence-electron chi connectivity index (χ3n) is 3.48. The Morgan fingerprint density at radius 3 is 2.52 bits per heavy atom. The summed E-state index contributed by atoms with van der Waals surface area (Å²) in [4.78, 5) is 26.8. The third-order valence-corrected chi connectivity index (χ3v) is 5.43. The van der Waals surface area contributed by atoms with Gasteiger partial charge in [-0.05, 0) is 54.8 Å². The molecule has 4 nitrogen and oxygen atoms in total. The first kappa shape index (κ1) is 17.4. The molecule has 0 saturated carbocycles. The number of benzene rings is 1. The van der Waals surface area contributed by atoms with Crippen LogP contribution in [0, 0.1) is 0 Å². The molecule has 3 aromatic rings. The summed E-state index contributed by atoms with van der Waals surface area (Å²) < 4.78 is 5.36. The molecule has 0 spiro atoms. The van der Waals surface area contributed by atoms with Crippen LogP contribution in [0.1, 0.15) is 36.7 Å². The van der Waals surface area contributed by atoms with Crippen molar-refractivity contribution in [3.63, 3.8) is 0 Å². The summed E-state index contributed by atoms with van der Waals surface area (Å²) in [5, 5.41) is 4.76. The van der Waals surface area contributed by atoms with Gasteiger partial charge in [-0.1, -0.05) is 6.07 Å². The van der Waals surface area contributed by atoms with Gasteiger partial charge in [0.05, 0.1) is 22.9 Å². The van der Waals surface area contributed by atoms with E-state index in [9.17, 15) is 9.59 Å². The van der Waals surface area contributed by atoms with E-state index < -0.39 is 0 Å². The number of hydrogen-bond acceptors (Lipinski definition) is 5. The highest BCUT2D eigenvalue weighted by Crippen LogP contribution is 2.22. The van der Waals surface area contributed by atoms with Gasteiger partial charge in [0.15, 0.2) is 0 Å². The van der Waals surface area contributed by atoms with Crippen molar-refractivity contribution in [1.29, 1.82) is 0 Å². The van der Waals surface area contributed by atoms with Crippen molar-refractivity contribution >= 4 is 34.4 Å². The molecule has 1 amide bonds. The highest BCUT2D eigenvalue weighted by atomic mass is 32.1. The summed E-state index contributed by atoms with van der Waals surface area (Å²) in [5.41, 5.74) is 0.579. The Hall–Kier alpha value is -2.44. The molecule has 3 rings (SSSR count). The molecular formula is C19H17NO3S2. The Bertz CT molecular complexity index is 851. The monoisotopic (exact) mass is 371 g/mol. The highest BCUT2D eigenvalue weighted by molar-refractivity contribution is 7.16. The van der Waals surface area contributed by atoms with Crippen molar-refractivity contribution in [3.8, 4) is 5.75 Å². The summed E-state index contributed by atoms with van der Waals surface area (Å²) in [6.07, 6.45) is 0. The first-order chi connectivity index (χ1) is 12.2. The summed E-state index contributed by atoms with van der Waals surface area (Å²) >= 11 is 2.84. The van der Waals surface area contributed by atoms with Gasteiger partial charge in [0.2, 0.25) is 5.78 Å². The van der Waals surface area contributed by atoms with Gasteiger partial charge in [0.25, 0.3) is 5.91 Å². The number of carbonyl (C=O) groups is 2. The highest BCUT2D eigenvalue weighted by Gasteiger charge is 2.13. The molecule has 0 aliphatic carbocycles. The predicted molar refractivity (Wildman–Crippen MR) is 101 cm³/mol. The van der Waals surface area contributed by atoms with E-state index in [4.69, 9.17) is 4.74 Å². The molecule has 0 radical (unpaired) electrons. The maximum absolute atomic E-state index is 12.3. The lowest BCUT2D eigenvalue weighted by Crippen LogP contribution is -2.22. The van der Waals surface area contributed by atoms with Crippen LogP contribution in [0.5, 0.6) is 5.75 Å². The minimum Gasteiger partial charge on any atom is -0.494 e. The molecule has 0 aliphatic rings. The second kappa shape index (κ2) is 8.09. The fourth-order valence-electron chi connectivity index (χ4n) is 2.26. The first-order valence-corrected chi connectivity index (χ1v) is 9.55. The fourth-order valence-corrected chi connectivity index (χ4v) is 3.91. The topological polar surface area (TPSA) is 55.4 Å². The average molecular weight is 371 g/mol. The minimum atomic E-state index is -0.150. The molecule has 0 aliphatic heterocycles. The molecule has 0 saturated heterocycles. The molecule has 0 atom stereocenters. The van der Waals surface area contributed by atoms with Gasteiger partial charge >= 0.3 is 0 Å². The Morgan fingerprint density at radius 1 is 1.04 bits per heavy atom. The van der Waals surface area contributed by atoms with Gasteiger partial charge < -0.3 is 10.1 Å². The van der Waals surface area contributed by atoms with Gasteiger partial charge in [0, 0.05) is 10.4 Å². The van der Waals surface area contributed by atoms with E-state index in [0.29, 0.717) is 23.6 Å². The number of amides is 1. The summed E-state index contributed by atoms with van der Waals surface area (Å²) in [6, 6.07) is 14.4. The predicted octanol–water partition coefficient (Wildman–Crippen LogP) is 4.37. The van der Waals surface area contributed by atoms with Crippen molar-refractivity contribution in [2.75, 3.05) is 6.61 Å². The smallest absolute Gasteiger partial charge is 0.251 e. The van der Waals surface area contributed by atoms with E-state index in [1.54, 1.807) is 24.3 Å². The molecule has 0 bridgehead atoms. The zero-order valence-electron chi connectivity index (χ0n) is 13.7. The zero-order chi connectivity index (χ0) is 17.6. The van der Waals surface area contributed by atoms with Crippen molar-refractivity contribution in [1.82, 2.24) is 5.32 Å². The number of ether oxygens (including phenoxy) is 1. The van der Waals surface area contributed by atoms with Crippen LogP contribution < -0.4 is 10.1 Å². The molecule has 128 valence electrons. The number of ketones is 1. The van der Waals surface area contributed by atoms with E-state index >= 15 is 0 Å². The van der Waals surface area contributed by atoms with E-state index in [0.717, 1.165) is 15.5 Å². The van der Waals surface area contributed by atoms with Crippen LogP contribution in [0.15, 0.2) is 53.9 Å². The molecule has 2 aromatic heterocycles. The number of hydrogen-bond donors (Lipinski definition) is 1. The average Bonchev–Trinajstić information content (AvgIpc) is 3.32. The summed E-state index contributed by atoms with van der Waals surface area (Å²) in [7, 11) is 0. The Labute approximate surface area is 154 Å². The van der Waals surface area contributed by atoms with Gasteiger partial charge in [-0.3, -0.25) is 9.59 Å². The molecule has 0 fully saturated rings. The van der Waals surface area contributed by atoms with Gasteiger partial charge in [0.1, 0.15) is 5.75 Å². The molecule has 1 N–H and O–H groups in total. The Balaban J connectivity index is 1.58. The van der Waals surface area contributed by atoms with Crippen molar-refractivity contribution in [2.24, 2.45) is 0 Å². The van der Waals surface area contributed by atoms with E-state index in [-0.39, 0.29) is 11.7 Å². The number of thiophene rings is 2. The Kier molecular flexibility index (Phi) is 5.63. The lowest BCUT2D eigenvalue weighted by Gasteiger charge is -2.06. The van der Waals surface area contributed by atoms with E-state index in [1.165, 1.54) is 22.7 Å². The molecule has 6 heteroatoms. The van der Waals surface area contributed by atoms with Gasteiger partial charge in [-0.15, -0.1) is 22.7 Å². The van der Waals surface area contributed by atoms with Crippen LogP contribution in [0.4, 0.5) is 0 Å². The largest absolute Gasteiger partial charge is 0.494 e. The second-order valence-electron chi connectivity index (χ2n) is 5.21. The van der Waals surface area contributed by atoms with E-state index in [1.807, 2.05) is 36.6 Å². The van der Waals surface area contributed by atoms with Crippen LogP contribution in [0.3, 0.4) is 0 Å². The second-order valence-corrected chi connectivity index (χ2v) is 7.33. The van der Waals surface area contributed by atoms with Crippen molar-refractivity contribution < 1.29 is 14.3 Å². The standard InChI is InChI=1S/C19H17NO3S2/c1-2-23-14-7-5-13(6-8-14)19(22)20-12-15-9-10-17(25-15)18(21)16-4-3-11-24-16/h3-11H,2,12H2,1H3,(H,20,22). The fraction of sp³-hybridized carbons (Fsp3) is 0.158. The van der Waals surface area contributed by atoms with Crippen molar-refractivity contribution in [2.45, 2.75) is 13.5 Å². The molecule has 0 unspecified atom stereocenters. The van der Waals surface area contributed by atoms with Gasteiger partial charge in [-0.25, -0.2) is 0 Å². The number of rotatable bonds is 7. The zero-order valence-corrected chi connectivity index (χ0v) is 15.3. The van der Waals surface area contributed by atoms with Crippen LogP contribution in [0.2, 0.25) is 0 Å². The number of nitrogens with one attached hydrogen (secondary N) is 1. The maximum Gasteiger partial charge on any atom is 0.251 e. The van der Waals surface area contributed by atoms with Crippen LogP contribution in [-0.2, 0) is 6.54 Å². The van der Waals surface area contributed by atoms with Crippen LogP contribution in [-0.4, -0.2) is 18.3 Å². The molecule has 1 aromatic carbocycles. The van der Waals surface area contributed by atoms with Crippen LogP contribution >= 0.6 is 22.7 Å². The molecule has 25 heavy (non-hydrogen) atoms. The molecular weight excluding hydrogens is 354 g/mol. The molecule has 2 heterocycles.